The highest BCUT2D eigenvalue weighted by molar-refractivity contribution is 5.80. The van der Waals surface area contributed by atoms with E-state index in [4.69, 9.17) is 4.98 Å². The van der Waals surface area contributed by atoms with Crippen molar-refractivity contribution in [2.45, 2.75) is 39.2 Å². The van der Waals surface area contributed by atoms with Crippen LogP contribution in [0.4, 0.5) is 5.82 Å². The molecular weight excluding hydrogens is 430 g/mol. The molecule has 0 fully saturated rings. The molecular formula is C25H29N7O2. The second kappa shape index (κ2) is 9.96. The molecule has 1 atom stereocenters. The molecule has 1 unspecified atom stereocenters. The lowest BCUT2D eigenvalue weighted by molar-refractivity contribution is 0.197. The first-order valence-corrected chi connectivity index (χ1v) is 11.4. The minimum absolute atomic E-state index is 0.250. The van der Waals surface area contributed by atoms with Gasteiger partial charge in [-0.1, -0.05) is 49.7 Å². The number of hydrogen-bond acceptors (Lipinski definition) is 7. The van der Waals surface area contributed by atoms with E-state index >= 15 is 0 Å². The molecule has 0 bridgehead atoms. The largest absolute Gasteiger partial charge is 0.388 e. The maximum atomic E-state index is 13.6. The van der Waals surface area contributed by atoms with Crippen molar-refractivity contribution in [3.63, 3.8) is 0 Å². The van der Waals surface area contributed by atoms with Gasteiger partial charge in [0.2, 0.25) is 5.82 Å². The van der Waals surface area contributed by atoms with E-state index < -0.39 is 6.10 Å². The lowest BCUT2D eigenvalue weighted by Crippen LogP contribution is -2.31. The molecule has 0 aliphatic carbocycles. The van der Waals surface area contributed by atoms with Crippen LogP contribution in [0.25, 0.3) is 28.2 Å². The van der Waals surface area contributed by atoms with Crippen LogP contribution in [0.3, 0.4) is 0 Å². The molecule has 2 aromatic heterocycles. The molecule has 9 heteroatoms. The van der Waals surface area contributed by atoms with E-state index in [2.05, 4.69) is 27.5 Å². The van der Waals surface area contributed by atoms with Crippen molar-refractivity contribution >= 4 is 5.82 Å². The minimum atomic E-state index is -0.940. The average Bonchev–Trinajstić information content (AvgIpc) is 3.37. The zero-order valence-electron chi connectivity index (χ0n) is 19.9. The number of anilines is 1. The standard InChI is InChI=1S/C25H29N7O2/c1-5-6-11-21-26-24(31(3)4)22(16(2)33)25(34)32(21)18-14-12-17(13-15-18)19-9-7-8-10-20(19)23-27-29-30-28-23/h7-10,12-16,33H,5-6,11H2,1-4H3,(H,27,28,29,30). The summed E-state index contributed by atoms with van der Waals surface area (Å²) in [6.07, 6.45) is 1.61. The molecule has 0 saturated heterocycles. The van der Waals surface area contributed by atoms with Gasteiger partial charge in [-0.25, -0.2) is 4.98 Å². The van der Waals surface area contributed by atoms with Gasteiger partial charge < -0.3 is 10.0 Å². The number of nitrogens with zero attached hydrogens (tertiary/aromatic N) is 6. The number of rotatable bonds is 8. The zero-order chi connectivity index (χ0) is 24.2. The highest BCUT2D eigenvalue weighted by Crippen LogP contribution is 2.30. The molecule has 4 rings (SSSR count). The van der Waals surface area contributed by atoms with Gasteiger partial charge in [0, 0.05) is 26.1 Å². The van der Waals surface area contributed by atoms with Gasteiger partial charge in [0.1, 0.15) is 11.6 Å². The first kappa shape index (κ1) is 23.3. The molecule has 2 N–H and O–H groups in total. The number of aryl methyl sites for hydroxylation is 1. The van der Waals surface area contributed by atoms with E-state index in [0.29, 0.717) is 29.6 Å². The molecule has 4 aromatic rings. The second-order valence-electron chi connectivity index (χ2n) is 8.41. The number of aromatic nitrogens is 6. The van der Waals surface area contributed by atoms with E-state index in [1.54, 1.807) is 16.4 Å². The van der Waals surface area contributed by atoms with Crippen LogP contribution < -0.4 is 10.5 Å². The van der Waals surface area contributed by atoms with Gasteiger partial charge in [-0.05, 0) is 41.8 Å². The molecule has 0 aliphatic rings. The third kappa shape index (κ3) is 4.47. The Hall–Kier alpha value is -3.85. The summed E-state index contributed by atoms with van der Waals surface area (Å²) in [5.74, 6) is 1.70. The van der Waals surface area contributed by atoms with Crippen molar-refractivity contribution in [1.29, 1.82) is 0 Å². The van der Waals surface area contributed by atoms with Crippen LogP contribution in [0, 0.1) is 0 Å². The number of aliphatic hydroxyl groups excluding tert-OH is 1. The van der Waals surface area contributed by atoms with Gasteiger partial charge in [0.05, 0.1) is 17.4 Å². The number of tetrazole rings is 1. The molecule has 0 amide bonds. The first-order valence-electron chi connectivity index (χ1n) is 11.4. The Morgan fingerprint density at radius 1 is 1.09 bits per heavy atom. The Morgan fingerprint density at radius 3 is 2.38 bits per heavy atom. The van der Waals surface area contributed by atoms with E-state index in [-0.39, 0.29) is 11.1 Å². The Morgan fingerprint density at radius 2 is 1.79 bits per heavy atom. The smallest absolute Gasteiger partial charge is 0.266 e. The van der Waals surface area contributed by atoms with E-state index in [1.807, 2.05) is 62.6 Å². The van der Waals surface area contributed by atoms with E-state index in [9.17, 15) is 9.90 Å². The summed E-state index contributed by atoms with van der Waals surface area (Å²) in [7, 11) is 3.66. The number of aliphatic hydroxyl groups is 1. The third-order valence-electron chi connectivity index (χ3n) is 5.71. The summed E-state index contributed by atoms with van der Waals surface area (Å²) < 4.78 is 1.62. The van der Waals surface area contributed by atoms with Crippen LogP contribution in [0.1, 0.15) is 44.2 Å². The fourth-order valence-electron chi connectivity index (χ4n) is 4.04. The van der Waals surface area contributed by atoms with Gasteiger partial charge >= 0.3 is 0 Å². The summed E-state index contributed by atoms with van der Waals surface area (Å²) in [6, 6.07) is 15.6. The summed E-state index contributed by atoms with van der Waals surface area (Å²) in [6.45, 7) is 3.70. The minimum Gasteiger partial charge on any atom is -0.388 e. The molecule has 0 radical (unpaired) electrons. The lowest BCUT2D eigenvalue weighted by atomic mass is 9.99. The van der Waals surface area contributed by atoms with Gasteiger partial charge in [-0.15, -0.1) is 10.2 Å². The lowest BCUT2D eigenvalue weighted by Gasteiger charge is -2.22. The van der Waals surface area contributed by atoms with Crippen molar-refractivity contribution in [3.8, 4) is 28.2 Å². The fraction of sp³-hybridized carbons (Fsp3) is 0.320. The van der Waals surface area contributed by atoms with Crippen LogP contribution in [0.5, 0.6) is 0 Å². The number of unbranched alkanes of at least 4 members (excludes halogenated alkanes) is 1. The van der Waals surface area contributed by atoms with Crippen LogP contribution >= 0.6 is 0 Å². The highest BCUT2D eigenvalue weighted by atomic mass is 16.3. The number of nitrogens with one attached hydrogen (secondary N) is 1. The van der Waals surface area contributed by atoms with Crippen molar-refractivity contribution in [1.82, 2.24) is 30.2 Å². The second-order valence-corrected chi connectivity index (χ2v) is 8.41. The van der Waals surface area contributed by atoms with Gasteiger partial charge in [0.15, 0.2) is 0 Å². The Labute approximate surface area is 198 Å². The van der Waals surface area contributed by atoms with Crippen LogP contribution in [-0.4, -0.2) is 49.4 Å². The number of benzene rings is 2. The van der Waals surface area contributed by atoms with E-state index in [1.165, 1.54) is 0 Å². The maximum Gasteiger partial charge on any atom is 0.266 e. The van der Waals surface area contributed by atoms with Crippen molar-refractivity contribution in [2.24, 2.45) is 0 Å². The maximum absolute atomic E-state index is 13.6. The topological polar surface area (TPSA) is 113 Å². The zero-order valence-corrected chi connectivity index (χ0v) is 19.9. The molecule has 176 valence electrons. The first-order chi connectivity index (χ1) is 16.4. The molecule has 0 spiro atoms. The Bertz CT molecular complexity index is 1310. The Kier molecular flexibility index (Phi) is 6.83. The van der Waals surface area contributed by atoms with Crippen molar-refractivity contribution in [3.05, 3.63) is 70.3 Å². The summed E-state index contributed by atoms with van der Waals surface area (Å²) in [5, 5.41) is 24.8. The van der Waals surface area contributed by atoms with Crippen LogP contribution in [0.2, 0.25) is 0 Å². The third-order valence-corrected chi connectivity index (χ3v) is 5.71. The molecule has 34 heavy (non-hydrogen) atoms. The number of aromatic amines is 1. The molecule has 9 nitrogen and oxygen atoms in total. The summed E-state index contributed by atoms with van der Waals surface area (Å²) in [4.78, 5) is 20.2. The molecule has 0 aliphatic heterocycles. The van der Waals surface area contributed by atoms with E-state index in [0.717, 1.165) is 29.5 Å². The summed E-state index contributed by atoms with van der Waals surface area (Å²) in [5.41, 5.74) is 3.52. The number of H-pyrrole nitrogens is 1. The van der Waals surface area contributed by atoms with Crippen molar-refractivity contribution < 1.29 is 5.11 Å². The average molecular weight is 460 g/mol. The normalized spacial score (nSPS) is 12.0. The van der Waals surface area contributed by atoms with Crippen molar-refractivity contribution in [2.75, 3.05) is 19.0 Å². The molecule has 2 aromatic carbocycles. The van der Waals surface area contributed by atoms with Crippen LogP contribution in [0.15, 0.2) is 53.3 Å². The van der Waals surface area contributed by atoms with Crippen LogP contribution in [-0.2, 0) is 6.42 Å². The Balaban J connectivity index is 1.83. The predicted molar refractivity (Wildman–Crippen MR) is 132 cm³/mol. The quantitative estimate of drug-likeness (QED) is 0.414. The summed E-state index contributed by atoms with van der Waals surface area (Å²) >= 11 is 0. The number of hydrogen-bond donors (Lipinski definition) is 2. The van der Waals surface area contributed by atoms with Gasteiger partial charge in [-0.3, -0.25) is 9.36 Å². The fourth-order valence-corrected chi connectivity index (χ4v) is 4.04. The predicted octanol–water partition coefficient (Wildman–Crippen LogP) is 3.54. The van der Waals surface area contributed by atoms with Gasteiger partial charge in [-0.2, -0.15) is 5.21 Å². The highest BCUT2D eigenvalue weighted by Gasteiger charge is 2.22. The monoisotopic (exact) mass is 459 g/mol. The molecule has 2 heterocycles. The molecule has 0 saturated carbocycles. The van der Waals surface area contributed by atoms with Gasteiger partial charge in [0.25, 0.3) is 5.56 Å². The SMILES string of the molecule is CCCCc1nc(N(C)C)c(C(C)O)c(=O)n1-c1ccc(-c2ccccc2-c2nn[nH]n2)cc1.